The fourth-order valence-corrected chi connectivity index (χ4v) is 5.05. The van der Waals surface area contributed by atoms with Gasteiger partial charge in [0.2, 0.25) is 0 Å². The Morgan fingerprint density at radius 1 is 1.23 bits per heavy atom. The highest BCUT2D eigenvalue weighted by molar-refractivity contribution is 7.99. The van der Waals surface area contributed by atoms with E-state index in [1.165, 1.54) is 48.6 Å². The van der Waals surface area contributed by atoms with Crippen LogP contribution in [0.3, 0.4) is 0 Å². The number of carboxylic acid groups (broad SMARTS) is 1. The first-order chi connectivity index (χ1) is 14.7. The average Bonchev–Trinajstić information content (AvgIpc) is 2.84. The molecule has 0 bridgehead atoms. The van der Waals surface area contributed by atoms with Crippen LogP contribution in [-0.4, -0.2) is 23.4 Å². The predicted octanol–water partition coefficient (Wildman–Crippen LogP) is 7.80. The van der Waals surface area contributed by atoms with Gasteiger partial charge in [-0.25, -0.2) is 4.79 Å². The highest BCUT2D eigenvalue weighted by Gasteiger charge is 2.28. The third kappa shape index (κ3) is 7.92. The Morgan fingerprint density at radius 2 is 2.00 bits per heavy atom. The maximum absolute atomic E-state index is 10.8. The smallest absolute Gasteiger partial charge is 0.328 e. The van der Waals surface area contributed by atoms with Crippen LogP contribution in [0.25, 0.3) is 5.57 Å². The van der Waals surface area contributed by atoms with Crippen molar-refractivity contribution >= 4 is 23.3 Å². The van der Waals surface area contributed by atoms with E-state index in [4.69, 9.17) is 9.84 Å². The summed E-state index contributed by atoms with van der Waals surface area (Å²) in [5.41, 5.74) is 4.51. The van der Waals surface area contributed by atoms with Crippen molar-refractivity contribution in [1.29, 1.82) is 0 Å². The standard InChI is InChI=1S/C27H38O3S/c1-6-7-8-9-15-30-24-19-25-23(27(4,5)14-11-16-31-25)18-22(24)21(3)13-10-12-20(2)17-26(28)29/h10,12-13,17-19H,6-9,11,14-16H2,1-5H3,(H,28,29)/b12-10+,20-17+,21-13+. The zero-order valence-corrected chi connectivity index (χ0v) is 20.6. The summed E-state index contributed by atoms with van der Waals surface area (Å²) in [4.78, 5) is 12.2. The number of carbonyl (C=O) groups is 1. The van der Waals surface area contributed by atoms with Gasteiger partial charge in [0.1, 0.15) is 5.75 Å². The number of unbranched alkanes of at least 4 members (excludes halogenated alkanes) is 3. The Hall–Kier alpha value is -1.94. The fraction of sp³-hybridized carbons (Fsp3) is 0.519. The van der Waals surface area contributed by atoms with Crippen molar-refractivity contribution < 1.29 is 14.6 Å². The average molecular weight is 443 g/mol. The SMILES string of the molecule is CCCCCCOc1cc2c(cc1/C(C)=C/C=C/C(C)=C/C(=O)O)C(C)(C)CCCS2. The molecule has 0 atom stereocenters. The number of fused-ring (bicyclic) bond motifs is 1. The number of benzene rings is 1. The van der Waals surface area contributed by atoms with Crippen molar-refractivity contribution in [2.45, 2.75) is 83.5 Å². The first-order valence-electron chi connectivity index (χ1n) is 11.5. The number of rotatable bonds is 10. The molecule has 1 heterocycles. The van der Waals surface area contributed by atoms with Crippen molar-refractivity contribution in [2.75, 3.05) is 12.4 Å². The molecule has 0 spiro atoms. The summed E-state index contributed by atoms with van der Waals surface area (Å²) in [6, 6.07) is 4.58. The second kappa shape index (κ2) is 12.2. The molecule has 0 saturated heterocycles. The van der Waals surface area contributed by atoms with Gasteiger partial charge in [-0.15, -0.1) is 11.8 Å². The Balaban J connectivity index is 2.36. The molecule has 1 aliphatic rings. The van der Waals surface area contributed by atoms with Gasteiger partial charge in [0.25, 0.3) is 0 Å². The monoisotopic (exact) mass is 442 g/mol. The van der Waals surface area contributed by atoms with Crippen LogP contribution in [0.1, 0.15) is 84.3 Å². The molecule has 170 valence electrons. The van der Waals surface area contributed by atoms with Gasteiger partial charge in [0, 0.05) is 16.5 Å². The molecule has 1 aliphatic heterocycles. The number of aliphatic carboxylic acids is 1. The van der Waals surface area contributed by atoms with Gasteiger partial charge < -0.3 is 9.84 Å². The molecule has 0 radical (unpaired) electrons. The van der Waals surface area contributed by atoms with Gasteiger partial charge in [-0.05, 0) is 73.1 Å². The summed E-state index contributed by atoms with van der Waals surface area (Å²) in [5.74, 6) is 1.19. The number of allylic oxidation sites excluding steroid dienone is 5. The Kier molecular flexibility index (Phi) is 9.95. The first kappa shape index (κ1) is 25.3. The molecular weight excluding hydrogens is 404 g/mol. The molecule has 1 aromatic carbocycles. The van der Waals surface area contributed by atoms with Crippen molar-refractivity contribution in [1.82, 2.24) is 0 Å². The zero-order valence-electron chi connectivity index (χ0n) is 19.8. The molecule has 1 aromatic rings. The van der Waals surface area contributed by atoms with E-state index in [-0.39, 0.29) is 5.41 Å². The van der Waals surface area contributed by atoms with Gasteiger partial charge in [-0.3, -0.25) is 0 Å². The molecule has 0 aliphatic carbocycles. The molecule has 4 heteroatoms. The van der Waals surface area contributed by atoms with Crippen LogP contribution in [0.4, 0.5) is 0 Å². The van der Waals surface area contributed by atoms with Crippen LogP contribution in [-0.2, 0) is 10.2 Å². The summed E-state index contributed by atoms with van der Waals surface area (Å²) in [5, 5.41) is 8.88. The Bertz CT molecular complexity index is 846. The molecule has 0 fully saturated rings. The zero-order chi connectivity index (χ0) is 22.9. The Morgan fingerprint density at radius 3 is 2.71 bits per heavy atom. The highest BCUT2D eigenvalue weighted by atomic mass is 32.2. The van der Waals surface area contributed by atoms with Crippen LogP contribution in [0.5, 0.6) is 5.75 Å². The van der Waals surface area contributed by atoms with Gasteiger partial charge in [-0.2, -0.15) is 0 Å². The van der Waals surface area contributed by atoms with E-state index in [9.17, 15) is 4.79 Å². The van der Waals surface area contributed by atoms with Crippen molar-refractivity contribution in [2.24, 2.45) is 0 Å². The van der Waals surface area contributed by atoms with Crippen molar-refractivity contribution in [3.8, 4) is 5.75 Å². The number of carboxylic acids is 1. The minimum Gasteiger partial charge on any atom is -0.493 e. The van der Waals surface area contributed by atoms with Crippen LogP contribution in [0.2, 0.25) is 0 Å². The number of ether oxygens (including phenoxy) is 1. The molecular formula is C27H38O3S. The highest BCUT2D eigenvalue weighted by Crippen LogP contribution is 2.44. The lowest BCUT2D eigenvalue weighted by Gasteiger charge is -2.27. The molecule has 31 heavy (non-hydrogen) atoms. The van der Waals surface area contributed by atoms with Gasteiger partial charge >= 0.3 is 5.97 Å². The van der Waals surface area contributed by atoms with Crippen LogP contribution < -0.4 is 4.74 Å². The second-order valence-corrected chi connectivity index (χ2v) is 10.2. The maximum atomic E-state index is 10.8. The Labute approximate surface area is 192 Å². The lowest BCUT2D eigenvalue weighted by atomic mass is 9.79. The first-order valence-corrected chi connectivity index (χ1v) is 12.4. The molecule has 2 rings (SSSR count). The molecule has 0 amide bonds. The van der Waals surface area contributed by atoms with E-state index < -0.39 is 5.97 Å². The lowest BCUT2D eigenvalue weighted by molar-refractivity contribution is -0.131. The molecule has 0 unspecified atom stereocenters. The van der Waals surface area contributed by atoms with Crippen LogP contribution >= 0.6 is 11.8 Å². The van der Waals surface area contributed by atoms with E-state index in [2.05, 4.69) is 39.8 Å². The lowest BCUT2D eigenvalue weighted by Crippen LogP contribution is -2.17. The minimum atomic E-state index is -0.924. The van der Waals surface area contributed by atoms with E-state index in [1.807, 2.05) is 30.0 Å². The van der Waals surface area contributed by atoms with Gasteiger partial charge in [-0.1, -0.05) is 58.3 Å². The quantitative estimate of drug-likeness (QED) is 0.228. The topological polar surface area (TPSA) is 46.5 Å². The van der Waals surface area contributed by atoms with Crippen LogP contribution in [0, 0.1) is 0 Å². The van der Waals surface area contributed by atoms with E-state index in [0.717, 1.165) is 35.7 Å². The predicted molar refractivity (Wildman–Crippen MR) is 133 cm³/mol. The van der Waals surface area contributed by atoms with Crippen LogP contribution in [0.15, 0.2) is 46.9 Å². The number of hydrogen-bond donors (Lipinski definition) is 1. The molecule has 0 saturated carbocycles. The van der Waals surface area contributed by atoms with E-state index in [1.54, 1.807) is 6.92 Å². The largest absolute Gasteiger partial charge is 0.493 e. The van der Waals surface area contributed by atoms with E-state index >= 15 is 0 Å². The van der Waals surface area contributed by atoms with Gasteiger partial charge in [0.05, 0.1) is 6.61 Å². The summed E-state index contributed by atoms with van der Waals surface area (Å²) in [6.07, 6.45) is 14.2. The molecule has 3 nitrogen and oxygen atoms in total. The summed E-state index contributed by atoms with van der Waals surface area (Å²) in [6.45, 7) is 11.5. The van der Waals surface area contributed by atoms with Crippen molar-refractivity contribution in [3.63, 3.8) is 0 Å². The number of thioether (sulfide) groups is 1. The fourth-order valence-electron chi connectivity index (χ4n) is 3.86. The summed E-state index contributed by atoms with van der Waals surface area (Å²) >= 11 is 1.94. The van der Waals surface area contributed by atoms with E-state index in [0.29, 0.717) is 5.57 Å². The molecule has 0 aromatic heterocycles. The summed E-state index contributed by atoms with van der Waals surface area (Å²) < 4.78 is 6.29. The normalized spacial score (nSPS) is 16.8. The second-order valence-electron chi connectivity index (χ2n) is 9.02. The summed E-state index contributed by atoms with van der Waals surface area (Å²) in [7, 11) is 0. The third-order valence-electron chi connectivity index (χ3n) is 5.75. The van der Waals surface area contributed by atoms with Crippen molar-refractivity contribution in [3.05, 3.63) is 53.1 Å². The maximum Gasteiger partial charge on any atom is 0.328 e. The van der Waals surface area contributed by atoms with Gasteiger partial charge in [0.15, 0.2) is 0 Å². The minimum absolute atomic E-state index is 0.143. The molecule has 1 N–H and O–H groups in total. The third-order valence-corrected chi connectivity index (χ3v) is 6.89. The number of hydrogen-bond acceptors (Lipinski definition) is 3.